The van der Waals surface area contributed by atoms with Crippen LogP contribution in [0, 0.1) is 11.8 Å². The van der Waals surface area contributed by atoms with Crippen LogP contribution in [0.1, 0.15) is 18.3 Å². The van der Waals surface area contributed by atoms with Gasteiger partial charge in [0.25, 0.3) is 5.56 Å². The van der Waals surface area contributed by atoms with Crippen molar-refractivity contribution in [3.63, 3.8) is 0 Å². The van der Waals surface area contributed by atoms with Crippen molar-refractivity contribution >= 4 is 43.6 Å². The van der Waals surface area contributed by atoms with Gasteiger partial charge in [0.2, 0.25) is 0 Å². The van der Waals surface area contributed by atoms with Crippen molar-refractivity contribution in [2.24, 2.45) is 11.8 Å². The normalized spacial score (nSPS) is 27.9. The van der Waals surface area contributed by atoms with Gasteiger partial charge in [-0.05, 0) is 40.3 Å². The van der Waals surface area contributed by atoms with Crippen LogP contribution < -0.4 is 5.56 Å². The summed E-state index contributed by atoms with van der Waals surface area (Å²) in [7, 11) is 0. The van der Waals surface area contributed by atoms with Crippen LogP contribution in [0.5, 0.6) is 0 Å². The quantitative estimate of drug-likeness (QED) is 0.822. The van der Waals surface area contributed by atoms with Crippen LogP contribution >= 0.6 is 27.3 Å². The summed E-state index contributed by atoms with van der Waals surface area (Å²) in [4.78, 5) is 32.0. The molecule has 3 atom stereocenters. The number of rotatable bonds is 1. The number of fused-ring (bicyclic) bond motifs is 2. The topological polar surface area (TPSA) is 86.3 Å². The Labute approximate surface area is 125 Å². The van der Waals surface area contributed by atoms with Gasteiger partial charge >= 0.3 is 6.09 Å². The number of amides is 1. The molecular formula is C12H10BrN3O3S. The molecule has 4 rings (SSSR count). The molecule has 0 spiro atoms. The molecular weight excluding hydrogens is 346 g/mol. The third-order valence-electron chi connectivity index (χ3n) is 4.05. The Morgan fingerprint density at radius 2 is 2.40 bits per heavy atom. The molecule has 1 aliphatic carbocycles. The summed E-state index contributed by atoms with van der Waals surface area (Å²) in [6.45, 7) is 0.541. The summed E-state index contributed by atoms with van der Waals surface area (Å²) in [5.74, 6) is 1.19. The van der Waals surface area contributed by atoms with Gasteiger partial charge in [-0.15, -0.1) is 11.3 Å². The van der Waals surface area contributed by atoms with E-state index in [1.165, 1.54) is 16.2 Å². The molecule has 104 valence electrons. The van der Waals surface area contributed by atoms with Crippen LogP contribution in [-0.2, 0) is 0 Å². The maximum atomic E-state index is 12.1. The Kier molecular flexibility index (Phi) is 2.50. The Bertz CT molecular complexity index is 786. The van der Waals surface area contributed by atoms with E-state index >= 15 is 0 Å². The Hall–Kier alpha value is -1.41. The van der Waals surface area contributed by atoms with E-state index in [-0.39, 0.29) is 11.6 Å². The van der Waals surface area contributed by atoms with Gasteiger partial charge in [0.05, 0.1) is 15.3 Å². The lowest BCUT2D eigenvalue weighted by atomic mass is 10.1. The van der Waals surface area contributed by atoms with Gasteiger partial charge in [-0.25, -0.2) is 9.78 Å². The number of piperidine rings is 1. The molecule has 1 amide bonds. The molecule has 0 aromatic carbocycles. The lowest BCUT2D eigenvalue weighted by molar-refractivity contribution is 0.129. The van der Waals surface area contributed by atoms with Gasteiger partial charge in [0.15, 0.2) is 0 Å². The zero-order valence-corrected chi connectivity index (χ0v) is 12.6. The van der Waals surface area contributed by atoms with Crippen LogP contribution in [0.2, 0.25) is 0 Å². The number of H-pyrrole nitrogens is 1. The number of carboxylic acid groups (broad SMARTS) is 1. The van der Waals surface area contributed by atoms with Gasteiger partial charge in [-0.3, -0.25) is 9.69 Å². The molecule has 2 aromatic heterocycles. The monoisotopic (exact) mass is 355 g/mol. The van der Waals surface area contributed by atoms with Crippen molar-refractivity contribution in [2.45, 2.75) is 12.5 Å². The number of carbonyl (C=O) groups is 1. The number of nitrogens with zero attached hydrogens (tertiary/aromatic N) is 2. The minimum Gasteiger partial charge on any atom is -0.465 e. The molecule has 3 heterocycles. The fraction of sp³-hybridized carbons (Fsp3) is 0.417. The Balaban J connectivity index is 1.85. The molecule has 1 saturated heterocycles. The molecule has 0 radical (unpaired) electrons. The van der Waals surface area contributed by atoms with E-state index in [1.807, 2.05) is 0 Å². The molecule has 2 N–H and O–H groups in total. The summed E-state index contributed by atoms with van der Waals surface area (Å²) in [5.41, 5.74) is 0.421. The van der Waals surface area contributed by atoms with Crippen LogP contribution in [0.25, 0.3) is 10.2 Å². The average molecular weight is 356 g/mol. The second kappa shape index (κ2) is 4.05. The standard InChI is InChI=1S/C12H10BrN3O3S/c13-7-2-6-9(20-7)11(17)15-10(14-6)8-5-1-4(5)3-16(8)12(18)19/h2,4-5,8H,1,3H2,(H,18,19)(H,14,15,17)/t4-,5-,8+/m1/s1. The number of hydrogen-bond acceptors (Lipinski definition) is 4. The highest BCUT2D eigenvalue weighted by Crippen LogP contribution is 2.55. The minimum absolute atomic E-state index is 0.199. The number of halogens is 1. The van der Waals surface area contributed by atoms with Crippen LogP contribution in [0.15, 0.2) is 14.6 Å². The van der Waals surface area contributed by atoms with E-state index < -0.39 is 6.09 Å². The van der Waals surface area contributed by atoms with Gasteiger partial charge in [0.1, 0.15) is 10.5 Å². The smallest absolute Gasteiger partial charge is 0.407 e. The van der Waals surface area contributed by atoms with E-state index in [9.17, 15) is 14.7 Å². The van der Waals surface area contributed by atoms with Crippen molar-refractivity contribution in [1.29, 1.82) is 0 Å². The molecule has 2 aliphatic rings. The number of hydrogen-bond donors (Lipinski definition) is 2. The molecule has 0 bridgehead atoms. The van der Waals surface area contributed by atoms with Crippen molar-refractivity contribution < 1.29 is 9.90 Å². The molecule has 20 heavy (non-hydrogen) atoms. The number of aromatic nitrogens is 2. The molecule has 2 aromatic rings. The number of likely N-dealkylation sites (tertiary alicyclic amines) is 1. The fourth-order valence-electron chi connectivity index (χ4n) is 3.08. The number of aromatic amines is 1. The van der Waals surface area contributed by atoms with Gasteiger partial charge in [-0.2, -0.15) is 0 Å². The van der Waals surface area contributed by atoms with Gasteiger partial charge in [-0.1, -0.05) is 0 Å². The van der Waals surface area contributed by atoms with Gasteiger partial charge < -0.3 is 10.1 Å². The highest BCUT2D eigenvalue weighted by Gasteiger charge is 2.55. The third kappa shape index (κ3) is 1.71. The predicted molar refractivity (Wildman–Crippen MR) is 77.0 cm³/mol. The number of nitrogens with one attached hydrogen (secondary N) is 1. The van der Waals surface area contributed by atoms with Crippen LogP contribution in [-0.4, -0.2) is 32.6 Å². The average Bonchev–Trinajstić information content (AvgIpc) is 2.86. The summed E-state index contributed by atoms with van der Waals surface area (Å²) in [6, 6.07) is 1.48. The second-order valence-corrected chi connectivity index (χ2v) is 7.69. The number of thiophene rings is 1. The molecule has 8 heteroatoms. The molecule has 6 nitrogen and oxygen atoms in total. The van der Waals surface area contributed by atoms with E-state index in [1.54, 1.807) is 6.07 Å². The zero-order chi connectivity index (χ0) is 14.0. The highest BCUT2D eigenvalue weighted by molar-refractivity contribution is 9.11. The van der Waals surface area contributed by atoms with E-state index in [2.05, 4.69) is 25.9 Å². The van der Waals surface area contributed by atoms with Crippen molar-refractivity contribution in [1.82, 2.24) is 14.9 Å². The minimum atomic E-state index is -0.948. The van der Waals surface area contributed by atoms with Crippen molar-refractivity contribution in [3.05, 3.63) is 26.0 Å². The lowest BCUT2D eigenvalue weighted by Gasteiger charge is -2.23. The first-order chi connectivity index (χ1) is 9.54. The van der Waals surface area contributed by atoms with E-state index in [0.717, 1.165) is 10.2 Å². The summed E-state index contributed by atoms with van der Waals surface area (Å²) >= 11 is 4.67. The predicted octanol–water partition coefficient (Wildman–Crippen LogP) is 2.42. The maximum Gasteiger partial charge on any atom is 0.407 e. The Morgan fingerprint density at radius 3 is 3.15 bits per heavy atom. The van der Waals surface area contributed by atoms with E-state index in [4.69, 9.17) is 0 Å². The van der Waals surface area contributed by atoms with Crippen LogP contribution in [0.4, 0.5) is 4.79 Å². The van der Waals surface area contributed by atoms with Crippen molar-refractivity contribution in [2.75, 3.05) is 6.54 Å². The second-order valence-electron chi connectivity index (χ2n) is 5.26. The molecule has 0 unspecified atom stereocenters. The molecule has 1 saturated carbocycles. The first-order valence-corrected chi connectivity index (χ1v) is 7.84. The van der Waals surface area contributed by atoms with E-state index in [0.29, 0.717) is 34.4 Å². The highest BCUT2D eigenvalue weighted by atomic mass is 79.9. The third-order valence-corrected chi connectivity index (χ3v) is 5.67. The zero-order valence-electron chi connectivity index (χ0n) is 10.2. The summed E-state index contributed by atoms with van der Waals surface area (Å²) < 4.78 is 1.40. The first-order valence-electron chi connectivity index (χ1n) is 6.23. The summed E-state index contributed by atoms with van der Waals surface area (Å²) in [6.07, 6.45) is 0.0697. The van der Waals surface area contributed by atoms with Crippen LogP contribution in [0.3, 0.4) is 0 Å². The SMILES string of the molecule is O=C(O)N1C[C@H]2C[C@H]2[C@H]1c1nc2cc(Br)sc2c(=O)[nH]1. The van der Waals surface area contributed by atoms with Crippen molar-refractivity contribution in [3.8, 4) is 0 Å². The first kappa shape index (κ1) is 12.3. The summed E-state index contributed by atoms with van der Waals surface area (Å²) in [5, 5.41) is 9.27. The fourth-order valence-corrected chi connectivity index (χ4v) is 4.50. The maximum absolute atomic E-state index is 12.1. The Morgan fingerprint density at radius 1 is 1.60 bits per heavy atom. The molecule has 2 fully saturated rings. The van der Waals surface area contributed by atoms with Gasteiger partial charge in [0, 0.05) is 6.54 Å². The lowest BCUT2D eigenvalue weighted by Crippen LogP contribution is -2.33. The largest absolute Gasteiger partial charge is 0.465 e. The molecule has 1 aliphatic heterocycles.